The molecule has 1 unspecified atom stereocenters. The van der Waals surface area contributed by atoms with Gasteiger partial charge in [0.05, 0.1) is 31.9 Å². The van der Waals surface area contributed by atoms with Crippen LogP contribution in [-0.2, 0) is 16.1 Å². The third-order valence-electron chi connectivity index (χ3n) is 4.47. The van der Waals surface area contributed by atoms with Crippen molar-refractivity contribution in [1.29, 1.82) is 0 Å². The number of hydrogen-bond donors (Lipinski definition) is 2. The van der Waals surface area contributed by atoms with Crippen LogP contribution in [0.3, 0.4) is 0 Å². The Balaban J connectivity index is 1.36. The molecular weight excluding hydrogens is 346 g/mol. The maximum Gasteiger partial charge on any atom is 0.237 e. The molecule has 0 aliphatic carbocycles. The van der Waals surface area contributed by atoms with Crippen molar-refractivity contribution in [3.05, 3.63) is 54.5 Å². The van der Waals surface area contributed by atoms with Crippen LogP contribution in [0.25, 0.3) is 0 Å². The lowest BCUT2D eigenvalue weighted by molar-refractivity contribution is -0.127. The summed E-state index contributed by atoms with van der Waals surface area (Å²) in [6.07, 6.45) is 3.24. The summed E-state index contributed by atoms with van der Waals surface area (Å²) in [6.45, 7) is 2.15. The van der Waals surface area contributed by atoms with Gasteiger partial charge in [0.1, 0.15) is 18.1 Å². The third kappa shape index (κ3) is 5.86. The number of rotatable bonds is 9. The van der Waals surface area contributed by atoms with Crippen molar-refractivity contribution in [3.63, 3.8) is 0 Å². The average molecular weight is 371 g/mol. The minimum atomic E-state index is -0.272. The highest BCUT2D eigenvalue weighted by atomic mass is 16.5. The molecule has 2 N–H and O–H groups in total. The number of benzene rings is 1. The Morgan fingerprint density at radius 1 is 1.15 bits per heavy atom. The SMILES string of the molecule is O=C(CN1CCCC1C(=O)NCc1ccco1)NCCOc1ccccc1. The fourth-order valence-electron chi connectivity index (χ4n) is 3.13. The summed E-state index contributed by atoms with van der Waals surface area (Å²) >= 11 is 0. The van der Waals surface area contributed by atoms with E-state index >= 15 is 0 Å². The van der Waals surface area contributed by atoms with Gasteiger partial charge in [0.25, 0.3) is 0 Å². The zero-order valence-electron chi connectivity index (χ0n) is 15.2. The van der Waals surface area contributed by atoms with Gasteiger partial charge in [-0.2, -0.15) is 0 Å². The number of nitrogens with one attached hydrogen (secondary N) is 2. The Hall–Kier alpha value is -2.80. The summed E-state index contributed by atoms with van der Waals surface area (Å²) in [4.78, 5) is 26.5. The molecule has 1 aromatic carbocycles. The number of carbonyl (C=O) groups excluding carboxylic acids is 2. The molecule has 27 heavy (non-hydrogen) atoms. The molecular formula is C20H25N3O4. The Bertz CT molecular complexity index is 718. The summed E-state index contributed by atoms with van der Waals surface area (Å²) in [5, 5.41) is 5.72. The first-order valence-electron chi connectivity index (χ1n) is 9.21. The van der Waals surface area contributed by atoms with E-state index in [-0.39, 0.29) is 24.4 Å². The van der Waals surface area contributed by atoms with E-state index < -0.39 is 0 Å². The first kappa shape index (κ1) is 19.0. The molecule has 2 heterocycles. The Kier molecular flexibility index (Phi) is 6.87. The predicted octanol–water partition coefficient (Wildman–Crippen LogP) is 1.56. The highest BCUT2D eigenvalue weighted by molar-refractivity contribution is 5.84. The van der Waals surface area contributed by atoms with E-state index in [2.05, 4.69) is 10.6 Å². The second kappa shape index (κ2) is 9.78. The molecule has 1 aliphatic rings. The topological polar surface area (TPSA) is 83.8 Å². The Labute approximate surface area is 158 Å². The molecule has 3 rings (SSSR count). The van der Waals surface area contributed by atoms with Gasteiger partial charge in [-0.3, -0.25) is 14.5 Å². The van der Waals surface area contributed by atoms with Crippen LogP contribution in [0.4, 0.5) is 0 Å². The lowest BCUT2D eigenvalue weighted by Crippen LogP contribution is -2.47. The number of carbonyl (C=O) groups is 2. The standard InChI is InChI=1S/C20H25N3O4/c24-19(21-10-13-27-16-6-2-1-3-7-16)15-23-11-4-9-18(23)20(25)22-14-17-8-5-12-26-17/h1-3,5-8,12,18H,4,9-11,13-15H2,(H,21,24)(H,22,25). The number of hydrogen-bond acceptors (Lipinski definition) is 5. The minimum absolute atomic E-state index is 0.0656. The van der Waals surface area contributed by atoms with E-state index in [1.807, 2.05) is 41.3 Å². The summed E-state index contributed by atoms with van der Waals surface area (Å²) < 4.78 is 10.8. The van der Waals surface area contributed by atoms with E-state index in [9.17, 15) is 9.59 Å². The van der Waals surface area contributed by atoms with Gasteiger partial charge < -0.3 is 19.8 Å². The Morgan fingerprint density at radius 3 is 2.78 bits per heavy atom. The number of nitrogens with zero attached hydrogens (tertiary/aromatic N) is 1. The van der Waals surface area contributed by atoms with Crippen molar-refractivity contribution in [2.75, 3.05) is 26.2 Å². The van der Waals surface area contributed by atoms with Crippen LogP contribution in [0.2, 0.25) is 0 Å². The molecule has 7 nitrogen and oxygen atoms in total. The lowest BCUT2D eigenvalue weighted by Gasteiger charge is -2.23. The van der Waals surface area contributed by atoms with Gasteiger partial charge >= 0.3 is 0 Å². The number of para-hydroxylation sites is 1. The zero-order valence-corrected chi connectivity index (χ0v) is 15.2. The molecule has 0 bridgehead atoms. The quantitative estimate of drug-likeness (QED) is 0.654. The molecule has 0 saturated carbocycles. The monoisotopic (exact) mass is 371 g/mol. The molecule has 0 spiro atoms. The fraction of sp³-hybridized carbons (Fsp3) is 0.400. The van der Waals surface area contributed by atoms with Gasteiger partial charge in [0.15, 0.2) is 0 Å². The number of amides is 2. The van der Waals surface area contributed by atoms with Crippen LogP contribution in [-0.4, -0.2) is 49.0 Å². The van der Waals surface area contributed by atoms with E-state index in [4.69, 9.17) is 9.15 Å². The number of furan rings is 1. The van der Waals surface area contributed by atoms with Crippen LogP contribution >= 0.6 is 0 Å². The smallest absolute Gasteiger partial charge is 0.237 e. The second-order valence-electron chi connectivity index (χ2n) is 6.44. The van der Waals surface area contributed by atoms with E-state index in [1.165, 1.54) is 0 Å². The highest BCUT2D eigenvalue weighted by Gasteiger charge is 2.31. The van der Waals surface area contributed by atoms with Crippen molar-refractivity contribution in [1.82, 2.24) is 15.5 Å². The van der Waals surface area contributed by atoms with Crippen LogP contribution in [0, 0.1) is 0 Å². The van der Waals surface area contributed by atoms with Gasteiger partial charge in [-0.15, -0.1) is 0 Å². The molecule has 2 aromatic rings. The predicted molar refractivity (Wildman–Crippen MR) is 100 cm³/mol. The molecule has 1 atom stereocenters. The van der Waals surface area contributed by atoms with Crippen molar-refractivity contribution in [2.45, 2.75) is 25.4 Å². The van der Waals surface area contributed by atoms with E-state index in [0.717, 1.165) is 25.1 Å². The fourth-order valence-corrected chi connectivity index (χ4v) is 3.13. The van der Waals surface area contributed by atoms with Crippen LogP contribution in [0.1, 0.15) is 18.6 Å². The maximum absolute atomic E-state index is 12.4. The van der Waals surface area contributed by atoms with Crippen LogP contribution < -0.4 is 15.4 Å². The third-order valence-corrected chi connectivity index (χ3v) is 4.47. The zero-order chi connectivity index (χ0) is 18.9. The summed E-state index contributed by atoms with van der Waals surface area (Å²) in [5.41, 5.74) is 0. The van der Waals surface area contributed by atoms with Crippen LogP contribution in [0.15, 0.2) is 53.1 Å². The second-order valence-corrected chi connectivity index (χ2v) is 6.44. The van der Waals surface area contributed by atoms with Gasteiger partial charge in [-0.05, 0) is 43.7 Å². The largest absolute Gasteiger partial charge is 0.492 e. The van der Waals surface area contributed by atoms with Gasteiger partial charge in [0.2, 0.25) is 11.8 Å². The summed E-state index contributed by atoms with van der Waals surface area (Å²) in [7, 11) is 0. The molecule has 0 radical (unpaired) electrons. The first-order chi connectivity index (χ1) is 13.2. The molecule has 1 fully saturated rings. The minimum Gasteiger partial charge on any atom is -0.492 e. The highest BCUT2D eigenvalue weighted by Crippen LogP contribution is 2.17. The molecule has 7 heteroatoms. The van der Waals surface area contributed by atoms with Gasteiger partial charge in [-0.25, -0.2) is 0 Å². The summed E-state index contributed by atoms with van der Waals surface area (Å²) in [5.74, 6) is 1.32. The van der Waals surface area contributed by atoms with Crippen molar-refractivity contribution < 1.29 is 18.7 Å². The molecule has 144 valence electrons. The van der Waals surface area contributed by atoms with E-state index in [0.29, 0.717) is 25.5 Å². The van der Waals surface area contributed by atoms with Crippen molar-refractivity contribution >= 4 is 11.8 Å². The molecule has 2 amide bonds. The molecule has 1 aliphatic heterocycles. The number of likely N-dealkylation sites (tertiary alicyclic amines) is 1. The van der Waals surface area contributed by atoms with Crippen LogP contribution in [0.5, 0.6) is 5.75 Å². The normalized spacial score (nSPS) is 16.8. The van der Waals surface area contributed by atoms with Crippen molar-refractivity contribution in [2.24, 2.45) is 0 Å². The van der Waals surface area contributed by atoms with E-state index in [1.54, 1.807) is 12.3 Å². The van der Waals surface area contributed by atoms with Gasteiger partial charge in [0, 0.05) is 0 Å². The summed E-state index contributed by atoms with van der Waals surface area (Å²) in [6, 6.07) is 12.8. The molecule has 1 saturated heterocycles. The average Bonchev–Trinajstić information content (AvgIpc) is 3.36. The molecule has 1 aromatic heterocycles. The van der Waals surface area contributed by atoms with Crippen molar-refractivity contribution in [3.8, 4) is 5.75 Å². The maximum atomic E-state index is 12.4. The number of ether oxygens (including phenoxy) is 1. The van der Waals surface area contributed by atoms with Gasteiger partial charge in [-0.1, -0.05) is 18.2 Å². The lowest BCUT2D eigenvalue weighted by atomic mass is 10.2. The first-order valence-corrected chi connectivity index (χ1v) is 9.21. The Morgan fingerprint density at radius 2 is 2.00 bits per heavy atom.